The molecule has 1 aliphatic rings. The topological polar surface area (TPSA) is 80.4 Å². The highest BCUT2D eigenvalue weighted by Crippen LogP contribution is 2.35. The molecule has 88 valence electrons. The van der Waals surface area contributed by atoms with Crippen LogP contribution in [0, 0.1) is 0 Å². The maximum absolute atomic E-state index is 12.1. The first-order chi connectivity index (χ1) is 7.57. The molecule has 1 aliphatic carbocycles. The molecule has 2 rings (SSSR count). The maximum Gasteiger partial charge on any atom is 0.181 e. The van der Waals surface area contributed by atoms with Crippen molar-refractivity contribution in [3.05, 3.63) is 29.8 Å². The number of sulfone groups is 1. The van der Waals surface area contributed by atoms with Gasteiger partial charge < -0.3 is 10.8 Å². The zero-order valence-electron chi connectivity index (χ0n) is 8.83. The van der Waals surface area contributed by atoms with Gasteiger partial charge in [-0.1, -0.05) is 18.2 Å². The number of rotatable bonds is 4. The van der Waals surface area contributed by atoms with Crippen LogP contribution in [0.25, 0.3) is 0 Å². The van der Waals surface area contributed by atoms with Crippen LogP contribution < -0.4 is 5.73 Å². The van der Waals surface area contributed by atoms with Gasteiger partial charge in [-0.25, -0.2) is 8.42 Å². The molecule has 3 N–H and O–H groups in total. The van der Waals surface area contributed by atoms with Crippen molar-refractivity contribution in [3.8, 4) is 0 Å². The molecule has 1 saturated carbocycles. The molecule has 0 saturated heterocycles. The second-order valence-electron chi connectivity index (χ2n) is 4.07. The molecule has 1 aromatic rings. The summed E-state index contributed by atoms with van der Waals surface area (Å²) < 4.78 is 24.2. The largest absolute Gasteiger partial charge is 0.394 e. The van der Waals surface area contributed by atoms with E-state index < -0.39 is 15.9 Å². The van der Waals surface area contributed by atoms with Gasteiger partial charge in [0.1, 0.15) is 0 Å². The third-order valence-corrected chi connectivity index (χ3v) is 5.12. The van der Waals surface area contributed by atoms with Crippen LogP contribution in [0.15, 0.2) is 29.2 Å². The number of hydrogen-bond donors (Lipinski definition) is 2. The van der Waals surface area contributed by atoms with Gasteiger partial charge in [-0.05, 0) is 24.5 Å². The highest BCUT2D eigenvalue weighted by Gasteiger charge is 2.38. The average molecular weight is 241 g/mol. The number of hydrogen-bond acceptors (Lipinski definition) is 4. The van der Waals surface area contributed by atoms with Crippen LogP contribution in [0.2, 0.25) is 0 Å². The van der Waals surface area contributed by atoms with E-state index in [-0.39, 0.29) is 16.8 Å². The minimum absolute atomic E-state index is 0.250. The normalized spacial score (nSPS) is 18.4. The molecule has 5 heteroatoms. The summed E-state index contributed by atoms with van der Waals surface area (Å²) in [6.45, 7) is -0.253. The summed E-state index contributed by atoms with van der Waals surface area (Å²) in [6, 6.07) is 6.01. The molecule has 0 heterocycles. The number of benzene rings is 1. The van der Waals surface area contributed by atoms with Gasteiger partial charge in [-0.2, -0.15) is 0 Å². The molecule has 0 amide bonds. The first kappa shape index (κ1) is 11.6. The van der Waals surface area contributed by atoms with Gasteiger partial charge in [-0.15, -0.1) is 0 Å². The van der Waals surface area contributed by atoms with Crippen molar-refractivity contribution in [2.75, 3.05) is 6.61 Å². The first-order valence-electron chi connectivity index (χ1n) is 5.26. The van der Waals surface area contributed by atoms with Crippen molar-refractivity contribution in [2.45, 2.75) is 29.0 Å². The third-order valence-electron chi connectivity index (χ3n) is 2.78. The quantitative estimate of drug-likeness (QED) is 0.809. The van der Waals surface area contributed by atoms with Crippen molar-refractivity contribution >= 4 is 9.84 Å². The highest BCUT2D eigenvalue weighted by atomic mass is 32.2. The van der Waals surface area contributed by atoms with E-state index in [1.165, 1.54) is 0 Å². The van der Waals surface area contributed by atoms with Gasteiger partial charge >= 0.3 is 0 Å². The van der Waals surface area contributed by atoms with Gasteiger partial charge in [0.15, 0.2) is 9.84 Å². The zero-order valence-corrected chi connectivity index (χ0v) is 9.65. The minimum atomic E-state index is -3.24. The Morgan fingerprint density at radius 1 is 1.38 bits per heavy atom. The second-order valence-corrected chi connectivity index (χ2v) is 6.27. The van der Waals surface area contributed by atoms with Gasteiger partial charge in [0.2, 0.25) is 0 Å². The summed E-state index contributed by atoms with van der Waals surface area (Å²) >= 11 is 0. The Morgan fingerprint density at radius 3 is 2.56 bits per heavy atom. The molecule has 0 aromatic heterocycles. The van der Waals surface area contributed by atoms with E-state index in [1.807, 2.05) is 0 Å². The second kappa shape index (κ2) is 4.16. The van der Waals surface area contributed by atoms with Gasteiger partial charge in [0.25, 0.3) is 0 Å². The molecule has 16 heavy (non-hydrogen) atoms. The number of nitrogens with two attached hydrogens (primary N) is 1. The van der Waals surface area contributed by atoms with Crippen molar-refractivity contribution in [1.29, 1.82) is 0 Å². The van der Waals surface area contributed by atoms with Crippen LogP contribution in [0.4, 0.5) is 0 Å². The van der Waals surface area contributed by atoms with Crippen LogP contribution >= 0.6 is 0 Å². The Balaban J connectivity index is 2.48. The number of aliphatic hydroxyl groups excluding tert-OH is 1. The maximum atomic E-state index is 12.1. The van der Waals surface area contributed by atoms with Crippen molar-refractivity contribution in [2.24, 2.45) is 5.73 Å². The summed E-state index contributed by atoms with van der Waals surface area (Å²) in [4.78, 5) is 0.277. The fourth-order valence-corrected chi connectivity index (χ4v) is 3.63. The fraction of sp³-hybridized carbons (Fsp3) is 0.455. The summed E-state index contributed by atoms with van der Waals surface area (Å²) in [5.74, 6) is 0. The Bertz CT molecular complexity index is 480. The lowest BCUT2D eigenvalue weighted by Gasteiger charge is -2.14. The van der Waals surface area contributed by atoms with Gasteiger partial charge in [0, 0.05) is 0 Å². The summed E-state index contributed by atoms with van der Waals surface area (Å²) in [5.41, 5.74) is 6.21. The Kier molecular flexibility index (Phi) is 3.01. The van der Waals surface area contributed by atoms with Gasteiger partial charge in [-0.3, -0.25) is 0 Å². The van der Waals surface area contributed by atoms with E-state index in [0.29, 0.717) is 5.56 Å². The summed E-state index contributed by atoms with van der Waals surface area (Å²) in [6.07, 6.45) is 1.45. The van der Waals surface area contributed by atoms with E-state index in [4.69, 9.17) is 10.8 Å². The summed E-state index contributed by atoms with van der Waals surface area (Å²) in [7, 11) is -3.24. The van der Waals surface area contributed by atoms with Crippen LogP contribution in [-0.2, 0) is 9.84 Å². The summed E-state index contributed by atoms with van der Waals surface area (Å²) in [5, 5.41) is 8.76. The molecule has 0 spiro atoms. The lowest BCUT2D eigenvalue weighted by molar-refractivity contribution is 0.266. The zero-order chi connectivity index (χ0) is 11.8. The van der Waals surface area contributed by atoms with Crippen molar-refractivity contribution < 1.29 is 13.5 Å². The molecule has 1 unspecified atom stereocenters. The molecule has 0 aliphatic heterocycles. The highest BCUT2D eigenvalue weighted by molar-refractivity contribution is 7.92. The molecule has 0 radical (unpaired) electrons. The standard InChI is InChI=1S/C11H15NO3S/c12-10(7-13)9-3-1-2-4-11(9)16(14,15)8-5-6-8/h1-4,8,10,13H,5-7,12H2. The van der Waals surface area contributed by atoms with Crippen LogP contribution in [-0.4, -0.2) is 25.4 Å². The predicted molar refractivity (Wildman–Crippen MR) is 60.7 cm³/mol. The van der Waals surface area contributed by atoms with Crippen LogP contribution in [0.1, 0.15) is 24.4 Å². The lowest BCUT2D eigenvalue weighted by Crippen LogP contribution is -2.19. The van der Waals surface area contributed by atoms with E-state index in [1.54, 1.807) is 24.3 Å². The molecule has 1 fully saturated rings. The van der Waals surface area contributed by atoms with Crippen LogP contribution in [0.5, 0.6) is 0 Å². The third kappa shape index (κ3) is 1.98. The predicted octanol–water partition coefficient (Wildman–Crippen LogP) is 0.615. The van der Waals surface area contributed by atoms with E-state index >= 15 is 0 Å². The minimum Gasteiger partial charge on any atom is -0.394 e. The lowest BCUT2D eigenvalue weighted by atomic mass is 10.1. The monoisotopic (exact) mass is 241 g/mol. The molecule has 4 nitrogen and oxygen atoms in total. The average Bonchev–Trinajstić information content (AvgIpc) is 3.12. The van der Waals surface area contributed by atoms with E-state index in [9.17, 15) is 8.42 Å². The molecule has 1 aromatic carbocycles. The smallest absolute Gasteiger partial charge is 0.181 e. The van der Waals surface area contributed by atoms with Crippen LogP contribution in [0.3, 0.4) is 0 Å². The van der Waals surface area contributed by atoms with E-state index in [2.05, 4.69) is 0 Å². The fourth-order valence-electron chi connectivity index (χ4n) is 1.70. The van der Waals surface area contributed by atoms with Crippen molar-refractivity contribution in [3.63, 3.8) is 0 Å². The van der Waals surface area contributed by atoms with E-state index in [0.717, 1.165) is 12.8 Å². The molecular weight excluding hydrogens is 226 g/mol. The van der Waals surface area contributed by atoms with Gasteiger partial charge in [0.05, 0.1) is 22.8 Å². The molecule has 1 atom stereocenters. The molecule has 0 bridgehead atoms. The number of aliphatic hydroxyl groups is 1. The van der Waals surface area contributed by atoms with Crippen molar-refractivity contribution in [1.82, 2.24) is 0 Å². The Hall–Kier alpha value is -0.910. The first-order valence-corrected chi connectivity index (χ1v) is 6.81. The Morgan fingerprint density at radius 2 is 2.00 bits per heavy atom. The Labute approximate surface area is 95.0 Å². The SMILES string of the molecule is NC(CO)c1ccccc1S(=O)(=O)C1CC1. The molecular formula is C11H15NO3S.